The highest BCUT2D eigenvalue weighted by Gasteiger charge is 2.36. The second-order valence-electron chi connectivity index (χ2n) is 8.03. The predicted octanol–water partition coefficient (Wildman–Crippen LogP) is 5.10. The normalized spacial score (nSPS) is 14.8. The van der Waals surface area contributed by atoms with Gasteiger partial charge in [0, 0.05) is 5.69 Å². The van der Waals surface area contributed by atoms with Crippen LogP contribution in [-0.2, 0) is 9.59 Å². The molecule has 0 unspecified atom stereocenters. The largest absolute Gasteiger partial charge is 0.490 e. The van der Waals surface area contributed by atoms with E-state index in [-0.39, 0.29) is 11.4 Å². The molecule has 0 aliphatic carbocycles. The number of rotatable bonds is 9. The maximum Gasteiger partial charge on any atom is 0.294 e. The summed E-state index contributed by atoms with van der Waals surface area (Å²) in [5.41, 5.74) is 2.37. The Morgan fingerprint density at radius 3 is 2.48 bits per heavy atom. The van der Waals surface area contributed by atoms with E-state index in [0.29, 0.717) is 41.9 Å². The lowest BCUT2D eigenvalue weighted by Crippen LogP contribution is -2.36. The molecule has 0 saturated carbocycles. The first-order valence-electron chi connectivity index (χ1n) is 10.8. The predicted molar refractivity (Wildman–Crippen MR) is 130 cm³/mol. The zero-order chi connectivity index (χ0) is 24.0. The standard InChI is InChI=1S/C25H28N2O5S/c1-5-31-21-12-18(8-11-20(21)32-15-16(2)3)13-22-24(29)27(25(30)33-22)14-23(28)26-19-9-6-17(4)7-10-19/h6-13,16H,5,14-15H2,1-4H3,(H,26,28). The zero-order valence-electron chi connectivity index (χ0n) is 19.2. The van der Waals surface area contributed by atoms with Gasteiger partial charge in [0.25, 0.3) is 11.1 Å². The maximum absolute atomic E-state index is 12.8. The Morgan fingerprint density at radius 2 is 1.82 bits per heavy atom. The molecule has 1 N–H and O–H groups in total. The van der Waals surface area contributed by atoms with Crippen molar-refractivity contribution < 1.29 is 23.9 Å². The van der Waals surface area contributed by atoms with Gasteiger partial charge in [-0.3, -0.25) is 19.3 Å². The van der Waals surface area contributed by atoms with Crippen molar-refractivity contribution in [3.8, 4) is 11.5 Å². The van der Waals surface area contributed by atoms with Gasteiger partial charge in [0.15, 0.2) is 11.5 Å². The summed E-state index contributed by atoms with van der Waals surface area (Å²) in [5, 5.41) is 2.23. The third kappa shape index (κ3) is 6.61. The Labute approximate surface area is 198 Å². The third-order valence-electron chi connectivity index (χ3n) is 4.65. The number of carbonyl (C=O) groups excluding carboxylic acids is 3. The lowest BCUT2D eigenvalue weighted by atomic mass is 10.1. The third-order valence-corrected chi connectivity index (χ3v) is 5.56. The smallest absolute Gasteiger partial charge is 0.294 e. The van der Waals surface area contributed by atoms with Gasteiger partial charge < -0.3 is 14.8 Å². The molecular formula is C25H28N2O5S. The molecule has 0 aromatic heterocycles. The molecule has 1 fully saturated rings. The number of nitrogens with zero attached hydrogens (tertiary/aromatic N) is 1. The van der Waals surface area contributed by atoms with Gasteiger partial charge >= 0.3 is 0 Å². The fraction of sp³-hybridized carbons (Fsp3) is 0.320. The Morgan fingerprint density at radius 1 is 1.09 bits per heavy atom. The number of hydrogen-bond donors (Lipinski definition) is 1. The number of hydrogen-bond acceptors (Lipinski definition) is 6. The molecule has 2 aromatic rings. The summed E-state index contributed by atoms with van der Waals surface area (Å²) >= 11 is 0.811. The lowest BCUT2D eigenvalue weighted by molar-refractivity contribution is -0.127. The van der Waals surface area contributed by atoms with Crippen LogP contribution >= 0.6 is 11.8 Å². The highest BCUT2D eigenvalue weighted by molar-refractivity contribution is 8.18. The van der Waals surface area contributed by atoms with Crippen molar-refractivity contribution in [2.24, 2.45) is 5.92 Å². The molecule has 0 atom stereocenters. The van der Waals surface area contributed by atoms with Gasteiger partial charge in [-0.05, 0) is 67.4 Å². The number of ether oxygens (including phenoxy) is 2. The second kappa shape index (κ2) is 11.0. The van der Waals surface area contributed by atoms with Crippen molar-refractivity contribution in [2.75, 3.05) is 25.1 Å². The SMILES string of the molecule is CCOc1cc(C=C2SC(=O)N(CC(=O)Nc3ccc(C)cc3)C2=O)ccc1OCC(C)C. The van der Waals surface area contributed by atoms with Crippen LogP contribution in [0.25, 0.3) is 6.08 Å². The van der Waals surface area contributed by atoms with E-state index >= 15 is 0 Å². The minimum atomic E-state index is -0.498. The molecule has 2 aromatic carbocycles. The van der Waals surface area contributed by atoms with Crippen molar-refractivity contribution in [3.05, 3.63) is 58.5 Å². The van der Waals surface area contributed by atoms with Crippen LogP contribution in [0.1, 0.15) is 31.9 Å². The molecule has 1 aliphatic rings. The average Bonchev–Trinajstić information content (AvgIpc) is 3.02. The van der Waals surface area contributed by atoms with Crippen LogP contribution in [0.2, 0.25) is 0 Å². The van der Waals surface area contributed by atoms with Crippen LogP contribution in [-0.4, -0.2) is 41.7 Å². The number of benzene rings is 2. The molecule has 1 heterocycles. The van der Waals surface area contributed by atoms with Crippen molar-refractivity contribution in [1.29, 1.82) is 0 Å². The zero-order valence-corrected chi connectivity index (χ0v) is 20.0. The van der Waals surface area contributed by atoms with Gasteiger partial charge in [-0.2, -0.15) is 0 Å². The molecule has 7 nitrogen and oxygen atoms in total. The molecule has 0 spiro atoms. The van der Waals surface area contributed by atoms with Gasteiger partial charge in [0.2, 0.25) is 5.91 Å². The van der Waals surface area contributed by atoms with Crippen LogP contribution in [0.5, 0.6) is 11.5 Å². The molecule has 1 aliphatic heterocycles. The number of nitrogens with one attached hydrogen (secondary N) is 1. The van der Waals surface area contributed by atoms with E-state index in [4.69, 9.17) is 9.47 Å². The van der Waals surface area contributed by atoms with Gasteiger partial charge in [-0.15, -0.1) is 0 Å². The summed E-state index contributed by atoms with van der Waals surface area (Å²) < 4.78 is 11.5. The minimum Gasteiger partial charge on any atom is -0.490 e. The van der Waals surface area contributed by atoms with Crippen LogP contribution in [0.15, 0.2) is 47.4 Å². The molecule has 0 bridgehead atoms. The van der Waals surface area contributed by atoms with Crippen LogP contribution < -0.4 is 14.8 Å². The highest BCUT2D eigenvalue weighted by Crippen LogP contribution is 2.34. The first-order chi connectivity index (χ1) is 15.8. The average molecular weight is 469 g/mol. The fourth-order valence-electron chi connectivity index (χ4n) is 3.03. The first-order valence-corrected chi connectivity index (χ1v) is 11.6. The van der Waals surface area contributed by atoms with Crippen molar-refractivity contribution in [3.63, 3.8) is 0 Å². The van der Waals surface area contributed by atoms with E-state index in [1.54, 1.807) is 36.4 Å². The van der Waals surface area contributed by atoms with E-state index in [1.807, 2.05) is 26.0 Å². The Hall–Kier alpha value is -3.26. The first kappa shape index (κ1) is 24.4. The number of amides is 3. The number of imide groups is 1. The van der Waals surface area contributed by atoms with Gasteiger partial charge in [0.1, 0.15) is 6.54 Å². The van der Waals surface area contributed by atoms with E-state index in [2.05, 4.69) is 19.2 Å². The monoisotopic (exact) mass is 468 g/mol. The van der Waals surface area contributed by atoms with E-state index in [9.17, 15) is 14.4 Å². The van der Waals surface area contributed by atoms with Crippen LogP contribution in [0.4, 0.5) is 10.5 Å². The summed E-state index contributed by atoms with van der Waals surface area (Å²) in [6.45, 7) is 8.63. The molecule has 3 amide bonds. The topological polar surface area (TPSA) is 84.9 Å². The highest BCUT2D eigenvalue weighted by atomic mass is 32.2. The molecule has 33 heavy (non-hydrogen) atoms. The molecule has 0 radical (unpaired) electrons. The molecular weight excluding hydrogens is 440 g/mol. The Bertz CT molecular complexity index is 1060. The summed E-state index contributed by atoms with van der Waals surface area (Å²) in [6, 6.07) is 12.6. The second-order valence-corrected chi connectivity index (χ2v) is 9.02. The maximum atomic E-state index is 12.8. The summed E-state index contributed by atoms with van der Waals surface area (Å²) in [7, 11) is 0. The lowest BCUT2D eigenvalue weighted by Gasteiger charge is -2.14. The number of thioether (sulfide) groups is 1. The fourth-order valence-corrected chi connectivity index (χ4v) is 3.87. The summed E-state index contributed by atoms with van der Waals surface area (Å²) in [5.74, 6) is 0.635. The summed E-state index contributed by atoms with van der Waals surface area (Å²) in [6.07, 6.45) is 1.62. The van der Waals surface area contributed by atoms with E-state index < -0.39 is 17.1 Å². The van der Waals surface area contributed by atoms with Crippen molar-refractivity contribution >= 4 is 40.6 Å². The van der Waals surface area contributed by atoms with Crippen molar-refractivity contribution in [2.45, 2.75) is 27.7 Å². The molecule has 1 saturated heterocycles. The molecule has 174 valence electrons. The van der Waals surface area contributed by atoms with E-state index in [1.165, 1.54) is 0 Å². The minimum absolute atomic E-state index is 0.251. The molecule has 8 heteroatoms. The van der Waals surface area contributed by atoms with Crippen molar-refractivity contribution in [1.82, 2.24) is 4.90 Å². The molecule has 3 rings (SSSR count). The van der Waals surface area contributed by atoms with Crippen LogP contribution in [0.3, 0.4) is 0 Å². The quantitative estimate of drug-likeness (QED) is 0.515. The number of anilines is 1. The number of carbonyl (C=O) groups is 3. The Balaban J connectivity index is 1.71. The summed E-state index contributed by atoms with van der Waals surface area (Å²) in [4.78, 5) is 38.7. The van der Waals surface area contributed by atoms with Gasteiger partial charge in [-0.25, -0.2) is 0 Å². The number of aryl methyl sites for hydroxylation is 1. The van der Waals surface area contributed by atoms with E-state index in [0.717, 1.165) is 22.2 Å². The Kier molecular flexibility index (Phi) is 8.16. The van der Waals surface area contributed by atoms with Gasteiger partial charge in [-0.1, -0.05) is 37.6 Å². The van der Waals surface area contributed by atoms with Crippen LogP contribution in [0, 0.1) is 12.8 Å². The van der Waals surface area contributed by atoms with Gasteiger partial charge in [0.05, 0.1) is 18.1 Å².